The zero-order valence-electron chi connectivity index (χ0n) is 12.5. The first kappa shape index (κ1) is 14.0. The standard InChI is InChI=1S/C18H18ClNO/c1-12-13(2)20(11-14-4-6-15(19)7-5-14)18-9-8-16(21-3)10-17(12)18/h4-10H,11H2,1-3H3. The van der Waals surface area contributed by atoms with Crippen LogP contribution in [0.15, 0.2) is 42.5 Å². The fourth-order valence-electron chi connectivity index (χ4n) is 2.73. The van der Waals surface area contributed by atoms with Gasteiger partial charge in [0, 0.05) is 28.2 Å². The van der Waals surface area contributed by atoms with Gasteiger partial charge in [-0.2, -0.15) is 0 Å². The topological polar surface area (TPSA) is 14.2 Å². The van der Waals surface area contributed by atoms with E-state index < -0.39 is 0 Å². The van der Waals surface area contributed by atoms with Crippen LogP contribution in [0, 0.1) is 13.8 Å². The number of hydrogen-bond acceptors (Lipinski definition) is 1. The highest BCUT2D eigenvalue weighted by Crippen LogP contribution is 2.29. The van der Waals surface area contributed by atoms with Crippen molar-refractivity contribution in [3.05, 3.63) is 64.3 Å². The van der Waals surface area contributed by atoms with Gasteiger partial charge >= 0.3 is 0 Å². The van der Waals surface area contributed by atoms with Crippen molar-refractivity contribution in [2.75, 3.05) is 7.11 Å². The van der Waals surface area contributed by atoms with Gasteiger partial charge in [-0.1, -0.05) is 23.7 Å². The van der Waals surface area contributed by atoms with Crippen molar-refractivity contribution < 1.29 is 4.74 Å². The molecule has 0 N–H and O–H groups in total. The van der Waals surface area contributed by atoms with Crippen molar-refractivity contribution in [2.24, 2.45) is 0 Å². The number of fused-ring (bicyclic) bond motifs is 1. The van der Waals surface area contributed by atoms with Crippen LogP contribution >= 0.6 is 11.6 Å². The van der Waals surface area contributed by atoms with E-state index in [0.717, 1.165) is 17.3 Å². The first-order valence-corrected chi connectivity index (χ1v) is 7.36. The molecular formula is C18H18ClNO. The van der Waals surface area contributed by atoms with E-state index in [1.165, 1.54) is 27.7 Å². The molecule has 0 fully saturated rings. The van der Waals surface area contributed by atoms with Crippen LogP contribution in [-0.2, 0) is 6.54 Å². The van der Waals surface area contributed by atoms with Crippen molar-refractivity contribution in [3.63, 3.8) is 0 Å². The van der Waals surface area contributed by atoms with Crippen LogP contribution < -0.4 is 4.74 Å². The van der Waals surface area contributed by atoms with Crippen LogP contribution in [0.2, 0.25) is 5.02 Å². The third kappa shape index (κ3) is 2.52. The van der Waals surface area contributed by atoms with Gasteiger partial charge in [0.25, 0.3) is 0 Å². The summed E-state index contributed by atoms with van der Waals surface area (Å²) < 4.78 is 7.67. The van der Waals surface area contributed by atoms with Crippen molar-refractivity contribution >= 4 is 22.5 Å². The fourth-order valence-corrected chi connectivity index (χ4v) is 2.86. The van der Waals surface area contributed by atoms with E-state index in [1.807, 2.05) is 18.2 Å². The predicted octanol–water partition coefficient (Wildman–Crippen LogP) is 4.97. The van der Waals surface area contributed by atoms with Crippen molar-refractivity contribution in [3.8, 4) is 5.75 Å². The molecule has 0 radical (unpaired) electrons. The Labute approximate surface area is 129 Å². The van der Waals surface area contributed by atoms with Gasteiger partial charge in [-0.25, -0.2) is 0 Å². The Balaban J connectivity index is 2.09. The van der Waals surface area contributed by atoms with Gasteiger partial charge in [-0.15, -0.1) is 0 Å². The highest BCUT2D eigenvalue weighted by Gasteiger charge is 2.12. The quantitative estimate of drug-likeness (QED) is 0.666. The molecule has 1 heterocycles. The lowest BCUT2D eigenvalue weighted by Gasteiger charge is -2.09. The van der Waals surface area contributed by atoms with Crippen molar-refractivity contribution in [1.29, 1.82) is 0 Å². The molecule has 0 unspecified atom stereocenters. The number of aromatic nitrogens is 1. The van der Waals surface area contributed by atoms with E-state index in [9.17, 15) is 0 Å². The molecule has 0 saturated carbocycles. The number of ether oxygens (including phenoxy) is 1. The zero-order chi connectivity index (χ0) is 15.0. The van der Waals surface area contributed by atoms with Gasteiger partial charge < -0.3 is 9.30 Å². The van der Waals surface area contributed by atoms with Gasteiger partial charge in [0.1, 0.15) is 5.75 Å². The monoisotopic (exact) mass is 299 g/mol. The number of halogens is 1. The minimum atomic E-state index is 0.772. The second kappa shape index (κ2) is 5.45. The van der Waals surface area contributed by atoms with Gasteiger partial charge in [-0.3, -0.25) is 0 Å². The summed E-state index contributed by atoms with van der Waals surface area (Å²) in [5.74, 6) is 0.897. The Morgan fingerprint density at radius 2 is 1.76 bits per heavy atom. The fraction of sp³-hybridized carbons (Fsp3) is 0.222. The lowest BCUT2D eigenvalue weighted by molar-refractivity contribution is 0.415. The smallest absolute Gasteiger partial charge is 0.119 e. The normalized spacial score (nSPS) is 11.0. The van der Waals surface area contributed by atoms with E-state index in [-0.39, 0.29) is 0 Å². The lowest BCUT2D eigenvalue weighted by Crippen LogP contribution is -2.01. The number of rotatable bonds is 3. The summed E-state index contributed by atoms with van der Waals surface area (Å²) in [7, 11) is 1.70. The zero-order valence-corrected chi connectivity index (χ0v) is 13.2. The number of hydrogen-bond donors (Lipinski definition) is 0. The van der Waals surface area contributed by atoms with Gasteiger partial charge in [0.05, 0.1) is 7.11 Å². The third-order valence-corrected chi connectivity index (χ3v) is 4.35. The summed E-state index contributed by atoms with van der Waals surface area (Å²) in [5, 5.41) is 2.02. The summed E-state index contributed by atoms with van der Waals surface area (Å²) in [4.78, 5) is 0. The number of nitrogens with zero attached hydrogens (tertiary/aromatic N) is 1. The minimum absolute atomic E-state index is 0.772. The van der Waals surface area contributed by atoms with E-state index in [1.54, 1.807) is 7.11 Å². The maximum Gasteiger partial charge on any atom is 0.119 e. The molecule has 0 amide bonds. The Morgan fingerprint density at radius 1 is 1.05 bits per heavy atom. The van der Waals surface area contributed by atoms with E-state index in [2.05, 4.69) is 42.7 Å². The average molecular weight is 300 g/mol. The average Bonchev–Trinajstić information content (AvgIpc) is 2.74. The van der Waals surface area contributed by atoms with E-state index >= 15 is 0 Å². The van der Waals surface area contributed by atoms with Crippen molar-refractivity contribution in [1.82, 2.24) is 4.57 Å². The maximum absolute atomic E-state index is 5.96. The molecule has 3 rings (SSSR count). The van der Waals surface area contributed by atoms with Gasteiger partial charge in [0.15, 0.2) is 0 Å². The summed E-state index contributed by atoms with van der Waals surface area (Å²) in [6.07, 6.45) is 0. The van der Waals surface area contributed by atoms with Gasteiger partial charge in [-0.05, 0) is 55.3 Å². The molecule has 3 aromatic rings. The Morgan fingerprint density at radius 3 is 2.43 bits per heavy atom. The number of methoxy groups -OCH3 is 1. The van der Waals surface area contributed by atoms with Crippen LogP contribution in [0.5, 0.6) is 5.75 Å². The molecule has 1 aromatic heterocycles. The molecule has 0 bridgehead atoms. The highest BCUT2D eigenvalue weighted by atomic mass is 35.5. The van der Waals surface area contributed by atoms with Gasteiger partial charge in [0.2, 0.25) is 0 Å². The largest absolute Gasteiger partial charge is 0.497 e. The van der Waals surface area contributed by atoms with Crippen LogP contribution in [0.1, 0.15) is 16.8 Å². The molecular weight excluding hydrogens is 282 g/mol. The number of aryl methyl sites for hydroxylation is 1. The van der Waals surface area contributed by atoms with Crippen LogP contribution in [0.3, 0.4) is 0 Å². The molecule has 0 aliphatic carbocycles. The van der Waals surface area contributed by atoms with E-state index in [4.69, 9.17) is 16.3 Å². The molecule has 2 aromatic carbocycles. The Hall–Kier alpha value is -1.93. The molecule has 0 atom stereocenters. The maximum atomic E-state index is 5.96. The van der Waals surface area contributed by atoms with Crippen molar-refractivity contribution in [2.45, 2.75) is 20.4 Å². The molecule has 0 saturated heterocycles. The number of benzene rings is 2. The first-order valence-electron chi connectivity index (χ1n) is 6.98. The van der Waals surface area contributed by atoms with Crippen LogP contribution in [0.25, 0.3) is 10.9 Å². The van der Waals surface area contributed by atoms with Crippen LogP contribution in [-0.4, -0.2) is 11.7 Å². The Kier molecular flexibility index (Phi) is 3.64. The molecule has 2 nitrogen and oxygen atoms in total. The SMILES string of the molecule is COc1ccc2c(c1)c(C)c(C)n2Cc1ccc(Cl)cc1. The first-order chi connectivity index (χ1) is 10.1. The summed E-state index contributed by atoms with van der Waals surface area (Å²) in [5.41, 5.74) is 5.07. The predicted molar refractivity (Wildman–Crippen MR) is 88.5 cm³/mol. The third-order valence-electron chi connectivity index (χ3n) is 4.10. The molecule has 0 spiro atoms. The molecule has 0 aliphatic rings. The summed E-state index contributed by atoms with van der Waals surface area (Å²) in [6, 6.07) is 14.3. The summed E-state index contributed by atoms with van der Waals surface area (Å²) >= 11 is 5.96. The lowest BCUT2D eigenvalue weighted by atomic mass is 10.1. The highest BCUT2D eigenvalue weighted by molar-refractivity contribution is 6.30. The van der Waals surface area contributed by atoms with E-state index in [0.29, 0.717) is 0 Å². The second-order valence-corrected chi connectivity index (χ2v) is 5.74. The molecule has 0 aliphatic heterocycles. The Bertz CT molecular complexity index is 787. The van der Waals surface area contributed by atoms with Crippen LogP contribution in [0.4, 0.5) is 0 Å². The molecule has 108 valence electrons. The molecule has 21 heavy (non-hydrogen) atoms. The molecule has 3 heteroatoms. The minimum Gasteiger partial charge on any atom is -0.497 e. The second-order valence-electron chi connectivity index (χ2n) is 5.31. The summed E-state index contributed by atoms with van der Waals surface area (Å²) in [6.45, 7) is 5.17.